The first-order valence-corrected chi connectivity index (χ1v) is 10.1. The van der Waals surface area contributed by atoms with Gasteiger partial charge in [-0.1, -0.05) is 24.4 Å². The van der Waals surface area contributed by atoms with Crippen molar-refractivity contribution in [2.45, 2.75) is 38.1 Å². The van der Waals surface area contributed by atoms with Crippen LogP contribution in [0.3, 0.4) is 0 Å². The van der Waals surface area contributed by atoms with Gasteiger partial charge in [-0.2, -0.15) is 15.3 Å². The maximum atomic E-state index is 12.3. The molecule has 1 spiro atoms. The number of hydrogen-bond donors (Lipinski definition) is 2. The van der Waals surface area contributed by atoms with E-state index in [1.165, 1.54) is 0 Å². The molecular weight excluding hydrogens is 392 g/mol. The number of nitrogens with zero attached hydrogens (tertiary/aromatic N) is 6. The zero-order valence-corrected chi connectivity index (χ0v) is 17.0. The molecule has 1 atom stereocenters. The van der Waals surface area contributed by atoms with Gasteiger partial charge in [0.1, 0.15) is 11.4 Å². The molecule has 1 amide bonds. The summed E-state index contributed by atoms with van der Waals surface area (Å²) >= 11 is 6.37. The van der Waals surface area contributed by atoms with Crippen LogP contribution in [0.5, 0.6) is 0 Å². The molecule has 29 heavy (non-hydrogen) atoms. The third-order valence-corrected chi connectivity index (χ3v) is 6.12. The minimum absolute atomic E-state index is 0.00363. The minimum Gasteiger partial charge on any atom is -0.364 e. The monoisotopic (exact) mass is 414 g/mol. The Balaban J connectivity index is 1.54. The van der Waals surface area contributed by atoms with Crippen LogP contribution in [-0.4, -0.2) is 49.7 Å². The first kappa shape index (κ1) is 19.5. The molecule has 10 heteroatoms. The Morgan fingerprint density at radius 2 is 2.21 bits per heavy atom. The lowest BCUT2D eigenvalue weighted by Crippen LogP contribution is -2.37. The van der Waals surface area contributed by atoms with Crippen molar-refractivity contribution in [2.24, 2.45) is 12.5 Å². The normalized spacial score (nSPS) is 20.0. The van der Waals surface area contributed by atoms with Gasteiger partial charge in [-0.25, -0.2) is 4.98 Å². The summed E-state index contributed by atoms with van der Waals surface area (Å²) in [5.41, 5.74) is 0.776. The lowest BCUT2D eigenvalue weighted by atomic mass is 9.81. The number of aryl methyl sites for hydroxylation is 1. The third kappa shape index (κ3) is 3.98. The lowest BCUT2D eigenvalue weighted by molar-refractivity contribution is -0.129. The summed E-state index contributed by atoms with van der Waals surface area (Å²) in [4.78, 5) is 22.9. The molecule has 1 saturated carbocycles. The predicted molar refractivity (Wildman–Crippen MR) is 109 cm³/mol. The maximum absolute atomic E-state index is 12.3. The number of anilines is 3. The molecule has 1 unspecified atom stereocenters. The molecule has 2 aromatic rings. The summed E-state index contributed by atoms with van der Waals surface area (Å²) in [7, 11) is 1.83. The first-order valence-electron chi connectivity index (χ1n) is 9.68. The summed E-state index contributed by atoms with van der Waals surface area (Å²) in [6.45, 7) is 1.22. The van der Waals surface area contributed by atoms with E-state index in [1.54, 1.807) is 22.0 Å². The molecule has 1 aliphatic heterocycles. The number of aromatic nitrogens is 4. The van der Waals surface area contributed by atoms with E-state index in [4.69, 9.17) is 16.9 Å². The first-order chi connectivity index (χ1) is 14.0. The highest BCUT2D eigenvalue weighted by Crippen LogP contribution is 2.47. The second-order valence-corrected chi connectivity index (χ2v) is 8.20. The van der Waals surface area contributed by atoms with E-state index in [0.717, 1.165) is 31.4 Å². The molecule has 2 fully saturated rings. The molecule has 2 N–H and O–H groups in total. The molecule has 4 rings (SSSR count). The number of carbonyl (C=O) groups excluding carboxylic acids is 1. The fourth-order valence-corrected chi connectivity index (χ4v) is 4.58. The molecule has 1 aliphatic carbocycles. The Bertz CT molecular complexity index is 946. The Labute approximate surface area is 174 Å². The average molecular weight is 415 g/mol. The molecule has 3 heterocycles. The standard InChI is InChI=1S/C19H23ClN8O/c1-27-10-13(8-23-27)24-18-22-9-14(20)17(26-18)25-15-11-28(16(29)4-7-21)12-19(15)5-2-3-6-19/h8-10,15H,2-6,11-12H2,1H3,(H2,22,24,25,26). The molecule has 152 valence electrons. The van der Waals surface area contributed by atoms with E-state index >= 15 is 0 Å². The molecule has 0 bridgehead atoms. The highest BCUT2D eigenvalue weighted by Gasteiger charge is 2.49. The smallest absolute Gasteiger partial charge is 0.236 e. The Kier molecular flexibility index (Phi) is 5.28. The summed E-state index contributed by atoms with van der Waals surface area (Å²) in [5, 5.41) is 20.0. The van der Waals surface area contributed by atoms with Gasteiger partial charge in [0.25, 0.3) is 0 Å². The lowest BCUT2D eigenvalue weighted by Gasteiger charge is -2.30. The largest absolute Gasteiger partial charge is 0.364 e. The quantitative estimate of drug-likeness (QED) is 0.773. The molecular formula is C19H23ClN8O. The van der Waals surface area contributed by atoms with Crippen LogP contribution in [-0.2, 0) is 11.8 Å². The van der Waals surface area contributed by atoms with Crippen LogP contribution in [0.2, 0.25) is 5.02 Å². The van der Waals surface area contributed by atoms with Crippen LogP contribution in [0.25, 0.3) is 0 Å². The topological polar surface area (TPSA) is 112 Å². The summed E-state index contributed by atoms with van der Waals surface area (Å²) in [6.07, 6.45) is 9.37. The highest BCUT2D eigenvalue weighted by molar-refractivity contribution is 6.32. The van der Waals surface area contributed by atoms with Crippen molar-refractivity contribution in [1.29, 1.82) is 5.26 Å². The van der Waals surface area contributed by atoms with E-state index in [9.17, 15) is 4.79 Å². The maximum Gasteiger partial charge on any atom is 0.236 e. The fourth-order valence-electron chi connectivity index (χ4n) is 4.43. The van der Waals surface area contributed by atoms with Gasteiger partial charge in [0.05, 0.1) is 30.2 Å². The number of nitrogens with one attached hydrogen (secondary N) is 2. The van der Waals surface area contributed by atoms with Gasteiger partial charge >= 0.3 is 0 Å². The highest BCUT2D eigenvalue weighted by atomic mass is 35.5. The minimum atomic E-state index is -0.115. The van der Waals surface area contributed by atoms with E-state index < -0.39 is 0 Å². The third-order valence-electron chi connectivity index (χ3n) is 5.85. The van der Waals surface area contributed by atoms with Crippen LogP contribution in [0, 0.1) is 16.7 Å². The Morgan fingerprint density at radius 1 is 1.41 bits per heavy atom. The second-order valence-electron chi connectivity index (χ2n) is 7.79. The number of amides is 1. The van der Waals surface area contributed by atoms with Gasteiger partial charge < -0.3 is 15.5 Å². The van der Waals surface area contributed by atoms with Crippen molar-refractivity contribution >= 4 is 35.0 Å². The van der Waals surface area contributed by atoms with E-state index in [2.05, 4.69) is 25.7 Å². The number of nitriles is 1. The number of likely N-dealkylation sites (tertiary alicyclic amines) is 1. The van der Waals surface area contributed by atoms with Crippen molar-refractivity contribution < 1.29 is 4.79 Å². The fraction of sp³-hybridized carbons (Fsp3) is 0.526. The van der Waals surface area contributed by atoms with Crippen molar-refractivity contribution in [1.82, 2.24) is 24.6 Å². The van der Waals surface area contributed by atoms with Crippen molar-refractivity contribution in [3.05, 3.63) is 23.6 Å². The van der Waals surface area contributed by atoms with E-state index in [-0.39, 0.29) is 23.8 Å². The van der Waals surface area contributed by atoms with E-state index in [1.807, 2.05) is 19.3 Å². The van der Waals surface area contributed by atoms with Gasteiger partial charge in [-0.05, 0) is 12.8 Å². The molecule has 9 nitrogen and oxygen atoms in total. The predicted octanol–water partition coefficient (Wildman–Crippen LogP) is 2.70. The van der Waals surface area contributed by atoms with Crippen LogP contribution in [0.1, 0.15) is 32.1 Å². The van der Waals surface area contributed by atoms with E-state index in [0.29, 0.717) is 29.9 Å². The Hall–Kier alpha value is -2.86. The number of halogens is 1. The van der Waals surface area contributed by atoms with Gasteiger partial charge in [-0.3, -0.25) is 9.48 Å². The van der Waals surface area contributed by atoms with Crippen LogP contribution in [0.15, 0.2) is 18.6 Å². The SMILES string of the molecule is Cn1cc(Nc2ncc(Cl)c(NC3CN(C(=O)CC#N)CC34CCCC4)n2)cn1. The number of carbonyl (C=O) groups is 1. The summed E-state index contributed by atoms with van der Waals surface area (Å²) in [6, 6.07) is 1.99. The van der Waals surface area contributed by atoms with Gasteiger partial charge in [0.15, 0.2) is 5.82 Å². The van der Waals surface area contributed by atoms with Gasteiger partial charge in [0.2, 0.25) is 11.9 Å². The zero-order valence-electron chi connectivity index (χ0n) is 16.2. The molecule has 0 aromatic carbocycles. The van der Waals surface area contributed by atoms with Crippen LogP contribution < -0.4 is 10.6 Å². The molecule has 2 aromatic heterocycles. The van der Waals surface area contributed by atoms with Crippen molar-refractivity contribution in [3.8, 4) is 6.07 Å². The van der Waals surface area contributed by atoms with Crippen LogP contribution >= 0.6 is 11.6 Å². The second kappa shape index (κ2) is 7.87. The number of rotatable bonds is 5. The summed E-state index contributed by atoms with van der Waals surface area (Å²) in [5.74, 6) is 0.843. The Morgan fingerprint density at radius 3 is 2.90 bits per heavy atom. The van der Waals surface area contributed by atoms with Crippen LogP contribution in [0.4, 0.5) is 17.5 Å². The van der Waals surface area contributed by atoms with Gasteiger partial charge in [-0.15, -0.1) is 0 Å². The summed E-state index contributed by atoms with van der Waals surface area (Å²) < 4.78 is 1.69. The molecule has 2 aliphatic rings. The van der Waals surface area contributed by atoms with Crippen molar-refractivity contribution in [2.75, 3.05) is 23.7 Å². The zero-order chi connectivity index (χ0) is 20.4. The molecule has 1 saturated heterocycles. The van der Waals surface area contributed by atoms with Crippen molar-refractivity contribution in [3.63, 3.8) is 0 Å². The average Bonchev–Trinajstić information content (AvgIpc) is 3.41. The molecule has 0 radical (unpaired) electrons. The number of hydrogen-bond acceptors (Lipinski definition) is 7. The van der Waals surface area contributed by atoms with Gasteiger partial charge in [0, 0.05) is 31.7 Å².